The molecule has 1 aromatic rings. The molecule has 0 aliphatic heterocycles. The van der Waals surface area contributed by atoms with Crippen LogP contribution in [-0.4, -0.2) is 49.6 Å². The molecule has 1 rings (SSSR count). The van der Waals surface area contributed by atoms with Crippen molar-refractivity contribution in [3.05, 3.63) is 60.7 Å². The number of ether oxygens (including phenoxy) is 4. The summed E-state index contributed by atoms with van der Waals surface area (Å²) >= 11 is 0. The van der Waals surface area contributed by atoms with E-state index in [0.717, 1.165) is 0 Å². The normalized spacial score (nSPS) is 14.8. The Balaban J connectivity index is 2.61. The van der Waals surface area contributed by atoms with E-state index >= 15 is 0 Å². The van der Waals surface area contributed by atoms with E-state index in [1.54, 1.807) is 44.2 Å². The van der Waals surface area contributed by atoms with Gasteiger partial charge in [0.05, 0.1) is 36.5 Å². The van der Waals surface area contributed by atoms with Gasteiger partial charge in [0.1, 0.15) is 12.2 Å². The number of carbonyl (C=O) groups is 2. The number of hydrogen-bond donors (Lipinski definition) is 0. The Kier molecular flexibility index (Phi) is 11.7. The summed E-state index contributed by atoms with van der Waals surface area (Å²) in [5, 5.41) is 0. The smallest absolute Gasteiger partial charge is 0.338 e. The van der Waals surface area contributed by atoms with Gasteiger partial charge < -0.3 is 18.9 Å². The van der Waals surface area contributed by atoms with Gasteiger partial charge in [-0.1, -0.05) is 18.2 Å². The Labute approximate surface area is 179 Å². The van der Waals surface area contributed by atoms with Crippen molar-refractivity contribution >= 4 is 11.9 Å². The fourth-order valence-electron chi connectivity index (χ4n) is 2.91. The minimum Gasteiger partial charge on any atom is -0.459 e. The molecule has 0 amide bonds. The van der Waals surface area contributed by atoms with E-state index in [-0.39, 0.29) is 24.4 Å². The van der Waals surface area contributed by atoms with Gasteiger partial charge in [0, 0.05) is 12.8 Å². The molecule has 0 fully saturated rings. The average Bonchev–Trinajstić information content (AvgIpc) is 2.70. The van der Waals surface area contributed by atoms with Gasteiger partial charge in [-0.15, -0.1) is 13.2 Å². The molecule has 0 heterocycles. The van der Waals surface area contributed by atoms with Gasteiger partial charge in [-0.2, -0.15) is 0 Å². The van der Waals surface area contributed by atoms with Crippen LogP contribution in [0.15, 0.2) is 49.6 Å². The van der Waals surface area contributed by atoms with Crippen molar-refractivity contribution in [3.8, 4) is 0 Å². The molecular weight excluding hydrogens is 384 g/mol. The molecule has 4 atom stereocenters. The van der Waals surface area contributed by atoms with Crippen LogP contribution in [-0.2, 0) is 18.9 Å². The first-order chi connectivity index (χ1) is 14.3. The van der Waals surface area contributed by atoms with E-state index in [9.17, 15) is 9.59 Å². The molecule has 0 saturated carbocycles. The predicted octanol–water partition coefficient (Wildman–Crippen LogP) is 4.74. The highest BCUT2D eigenvalue weighted by atomic mass is 16.6. The van der Waals surface area contributed by atoms with E-state index in [2.05, 4.69) is 13.2 Å². The summed E-state index contributed by atoms with van der Waals surface area (Å²) in [5.74, 6) is -0.986. The first-order valence-corrected chi connectivity index (χ1v) is 10.2. The molecule has 0 aromatic heterocycles. The quantitative estimate of drug-likeness (QED) is 0.321. The van der Waals surface area contributed by atoms with Crippen LogP contribution in [0.25, 0.3) is 0 Å². The first kappa shape index (κ1) is 25.6. The van der Waals surface area contributed by atoms with Crippen LogP contribution in [0, 0.1) is 0 Å². The molecule has 0 spiro atoms. The summed E-state index contributed by atoms with van der Waals surface area (Å²) in [4.78, 5) is 24.9. The highest BCUT2D eigenvalue weighted by Gasteiger charge is 2.19. The van der Waals surface area contributed by atoms with Crippen molar-refractivity contribution in [2.45, 2.75) is 65.0 Å². The van der Waals surface area contributed by atoms with Crippen LogP contribution in [0.4, 0.5) is 0 Å². The zero-order chi connectivity index (χ0) is 22.5. The molecule has 0 radical (unpaired) electrons. The zero-order valence-electron chi connectivity index (χ0n) is 18.5. The number of rotatable bonds is 14. The third-order valence-corrected chi connectivity index (χ3v) is 4.28. The molecule has 0 saturated heterocycles. The Bertz CT molecular complexity index is 643. The summed E-state index contributed by atoms with van der Waals surface area (Å²) in [5.41, 5.74) is 0.595. The second-order valence-electron chi connectivity index (χ2n) is 7.35. The molecule has 1 aromatic carbocycles. The van der Waals surface area contributed by atoms with Crippen LogP contribution in [0.2, 0.25) is 0 Å². The van der Waals surface area contributed by atoms with Crippen molar-refractivity contribution in [2.75, 3.05) is 13.2 Å². The van der Waals surface area contributed by atoms with Gasteiger partial charge in [-0.3, -0.25) is 0 Å². The molecular formula is C24H34O6. The minimum atomic E-state index is -0.493. The maximum absolute atomic E-state index is 12.4. The van der Waals surface area contributed by atoms with Gasteiger partial charge in [0.25, 0.3) is 0 Å². The molecule has 0 aliphatic carbocycles. The Morgan fingerprint density at radius 3 is 1.57 bits per heavy atom. The van der Waals surface area contributed by atoms with Crippen molar-refractivity contribution in [3.63, 3.8) is 0 Å². The molecule has 0 aliphatic rings. The number of benzene rings is 1. The van der Waals surface area contributed by atoms with Crippen LogP contribution < -0.4 is 0 Å². The van der Waals surface area contributed by atoms with Gasteiger partial charge >= 0.3 is 11.9 Å². The summed E-state index contributed by atoms with van der Waals surface area (Å²) in [6.07, 6.45) is 3.68. The van der Waals surface area contributed by atoms with Crippen molar-refractivity contribution in [1.29, 1.82) is 0 Å². The van der Waals surface area contributed by atoms with E-state index in [4.69, 9.17) is 18.9 Å². The van der Waals surface area contributed by atoms with Gasteiger partial charge in [0.15, 0.2) is 0 Å². The van der Waals surface area contributed by atoms with E-state index in [1.165, 1.54) is 6.07 Å². The second-order valence-corrected chi connectivity index (χ2v) is 7.35. The third kappa shape index (κ3) is 9.85. The maximum atomic E-state index is 12.4. The molecule has 0 unspecified atom stereocenters. The molecule has 0 N–H and O–H groups in total. The maximum Gasteiger partial charge on any atom is 0.338 e. The summed E-state index contributed by atoms with van der Waals surface area (Å²) in [6, 6.07) is 6.34. The number of hydrogen-bond acceptors (Lipinski definition) is 6. The Hall–Kier alpha value is -2.44. The molecule has 6 nitrogen and oxygen atoms in total. The third-order valence-electron chi connectivity index (χ3n) is 4.28. The highest BCUT2D eigenvalue weighted by molar-refractivity contribution is 5.95. The Morgan fingerprint density at radius 2 is 1.20 bits per heavy atom. The Morgan fingerprint density at radius 1 is 0.800 bits per heavy atom. The summed E-state index contributed by atoms with van der Waals surface area (Å²) in [7, 11) is 0. The van der Waals surface area contributed by atoms with Gasteiger partial charge in [-0.25, -0.2) is 9.59 Å². The lowest BCUT2D eigenvalue weighted by molar-refractivity contribution is 0.00918. The van der Waals surface area contributed by atoms with E-state index < -0.39 is 11.9 Å². The fraction of sp³-hybridized carbons (Fsp3) is 0.500. The number of esters is 2. The van der Waals surface area contributed by atoms with Crippen molar-refractivity contribution in [1.82, 2.24) is 0 Å². The fourth-order valence-corrected chi connectivity index (χ4v) is 2.91. The lowest BCUT2D eigenvalue weighted by Gasteiger charge is -2.19. The number of carbonyl (C=O) groups excluding carboxylic acids is 2. The van der Waals surface area contributed by atoms with Crippen LogP contribution in [0.1, 0.15) is 61.3 Å². The molecule has 30 heavy (non-hydrogen) atoms. The first-order valence-electron chi connectivity index (χ1n) is 10.2. The SMILES string of the molecule is C=CCO[C@H](C)C[C@@H](C)OC(=O)c1cccc(C(=O)O[C@H](C)C[C@@H](C)OCC=C)c1. The monoisotopic (exact) mass is 418 g/mol. The highest BCUT2D eigenvalue weighted by Crippen LogP contribution is 2.14. The van der Waals surface area contributed by atoms with Crippen molar-refractivity contribution in [2.24, 2.45) is 0 Å². The van der Waals surface area contributed by atoms with Crippen molar-refractivity contribution < 1.29 is 28.5 Å². The zero-order valence-corrected chi connectivity index (χ0v) is 18.5. The molecule has 166 valence electrons. The topological polar surface area (TPSA) is 71.1 Å². The van der Waals surface area contributed by atoms with E-state index in [1.807, 2.05) is 13.8 Å². The average molecular weight is 419 g/mol. The van der Waals surface area contributed by atoms with Crippen LogP contribution in [0.3, 0.4) is 0 Å². The van der Waals surface area contributed by atoms with Gasteiger partial charge in [0.2, 0.25) is 0 Å². The van der Waals surface area contributed by atoms with Crippen LogP contribution in [0.5, 0.6) is 0 Å². The molecule has 6 heteroatoms. The standard InChI is InChI=1S/C24H34O6/c1-7-12-27-17(3)14-19(5)29-23(25)21-10-9-11-22(16-21)24(26)30-20(6)15-18(4)28-13-8-2/h7-11,16-20H,1-2,12-15H2,3-6H3/t17-,18-,19-,20-/m1/s1. The van der Waals surface area contributed by atoms with E-state index in [0.29, 0.717) is 37.2 Å². The summed E-state index contributed by atoms with van der Waals surface area (Å²) < 4.78 is 21.9. The molecule has 0 bridgehead atoms. The lowest BCUT2D eigenvalue weighted by atomic mass is 10.1. The second kappa shape index (κ2) is 13.7. The minimum absolute atomic E-state index is 0.0635. The lowest BCUT2D eigenvalue weighted by Crippen LogP contribution is -2.23. The predicted molar refractivity (Wildman–Crippen MR) is 117 cm³/mol. The largest absolute Gasteiger partial charge is 0.459 e. The van der Waals surface area contributed by atoms with Crippen LogP contribution >= 0.6 is 0 Å². The summed E-state index contributed by atoms with van der Waals surface area (Å²) in [6.45, 7) is 15.5. The van der Waals surface area contributed by atoms with Gasteiger partial charge in [-0.05, 0) is 45.9 Å².